The van der Waals surface area contributed by atoms with Crippen molar-refractivity contribution in [1.29, 1.82) is 0 Å². The molecule has 1 rings (SSSR count). The van der Waals surface area contributed by atoms with Gasteiger partial charge in [-0.05, 0) is 57.8 Å². The van der Waals surface area contributed by atoms with E-state index >= 15 is 0 Å². The Bertz CT molecular complexity index is 1120. The Kier molecular flexibility index (Phi) is 27.8. The summed E-state index contributed by atoms with van der Waals surface area (Å²) in [7, 11) is -4.60. The maximum absolute atomic E-state index is 12.7. The molecule has 0 radical (unpaired) electrons. The van der Waals surface area contributed by atoms with Crippen LogP contribution in [0.3, 0.4) is 0 Å². The van der Waals surface area contributed by atoms with E-state index in [1.807, 2.05) is 0 Å². The fraction of sp³-hybridized carbons (Fsp3) is 0.795. The quantitative estimate of drug-likeness (QED) is 0.0255. The normalized spacial score (nSPS) is 21.7. The zero-order valence-corrected chi connectivity index (χ0v) is 32.5. The lowest BCUT2D eigenvalue weighted by molar-refractivity contribution is -0.297. The summed E-state index contributed by atoms with van der Waals surface area (Å²) < 4.78 is 53.8. The lowest BCUT2D eigenvalue weighted by atomic mass is 10.00. The number of aliphatic hydroxyl groups excluding tert-OH is 3. The van der Waals surface area contributed by atoms with E-state index in [0.29, 0.717) is 12.8 Å². The molecule has 0 aromatic carbocycles. The molecule has 302 valence electrons. The molecule has 1 heterocycles. The van der Waals surface area contributed by atoms with E-state index in [4.69, 9.17) is 18.9 Å². The summed E-state index contributed by atoms with van der Waals surface area (Å²) in [5.74, 6) is -2.02. The largest absolute Gasteiger partial charge is 0.462 e. The van der Waals surface area contributed by atoms with Crippen LogP contribution in [0.1, 0.15) is 142 Å². The van der Waals surface area contributed by atoms with E-state index in [1.54, 1.807) is 0 Å². The number of allylic oxidation sites excluding steroid dienone is 6. The van der Waals surface area contributed by atoms with Gasteiger partial charge in [0.1, 0.15) is 36.8 Å². The van der Waals surface area contributed by atoms with Crippen molar-refractivity contribution in [2.75, 3.05) is 19.0 Å². The van der Waals surface area contributed by atoms with Crippen molar-refractivity contribution < 1.29 is 56.8 Å². The summed E-state index contributed by atoms with van der Waals surface area (Å²) in [5.41, 5.74) is 0. The highest BCUT2D eigenvalue weighted by molar-refractivity contribution is 7.85. The molecule has 0 aromatic rings. The highest BCUT2D eigenvalue weighted by atomic mass is 32.2. The second-order valence-electron chi connectivity index (χ2n) is 13.6. The Hall–Kier alpha value is -2.13. The summed E-state index contributed by atoms with van der Waals surface area (Å²) in [6.07, 6.45) is 22.1. The molecule has 6 atom stereocenters. The van der Waals surface area contributed by atoms with Gasteiger partial charge in [-0.1, -0.05) is 108 Å². The summed E-state index contributed by atoms with van der Waals surface area (Å²) in [4.78, 5) is 25.2. The average molecular weight is 761 g/mol. The molecule has 0 spiro atoms. The lowest BCUT2D eigenvalue weighted by Crippen LogP contribution is -2.60. The van der Waals surface area contributed by atoms with Crippen LogP contribution in [0.15, 0.2) is 36.5 Å². The minimum Gasteiger partial charge on any atom is -0.462 e. The Morgan fingerprint density at radius 3 is 1.79 bits per heavy atom. The minimum atomic E-state index is -4.60. The smallest absolute Gasteiger partial charge is 0.306 e. The molecule has 13 heteroatoms. The number of unbranched alkanes of at least 4 members (excludes halogenated alkanes) is 13. The third kappa shape index (κ3) is 25.0. The molecule has 6 unspecified atom stereocenters. The Balaban J connectivity index is 2.54. The van der Waals surface area contributed by atoms with Crippen molar-refractivity contribution in [3.63, 3.8) is 0 Å². The highest BCUT2D eigenvalue weighted by Gasteiger charge is 2.46. The number of ether oxygens (including phenoxy) is 4. The van der Waals surface area contributed by atoms with Crippen molar-refractivity contribution in [3.05, 3.63) is 36.5 Å². The Labute approximate surface area is 312 Å². The summed E-state index contributed by atoms with van der Waals surface area (Å²) in [5, 5.41) is 30.7. The first-order chi connectivity index (χ1) is 25.0. The first kappa shape index (κ1) is 47.9. The van der Waals surface area contributed by atoms with Crippen molar-refractivity contribution in [1.82, 2.24) is 0 Å². The molecule has 0 bridgehead atoms. The third-order valence-corrected chi connectivity index (χ3v) is 9.42. The second-order valence-corrected chi connectivity index (χ2v) is 15.1. The molecule has 0 saturated carbocycles. The maximum Gasteiger partial charge on any atom is 0.306 e. The molecule has 1 aliphatic rings. The summed E-state index contributed by atoms with van der Waals surface area (Å²) in [6.45, 7) is 3.60. The van der Waals surface area contributed by atoms with Gasteiger partial charge in [0.15, 0.2) is 12.4 Å². The van der Waals surface area contributed by atoms with E-state index in [0.717, 1.165) is 89.9 Å². The van der Waals surface area contributed by atoms with Gasteiger partial charge in [0.25, 0.3) is 10.1 Å². The molecular formula is C39H68O12S. The average Bonchev–Trinajstić information content (AvgIpc) is 3.10. The third-order valence-electron chi connectivity index (χ3n) is 8.67. The first-order valence-corrected chi connectivity index (χ1v) is 21.2. The van der Waals surface area contributed by atoms with Gasteiger partial charge in [0, 0.05) is 12.8 Å². The van der Waals surface area contributed by atoms with E-state index in [1.165, 1.54) is 12.8 Å². The Morgan fingerprint density at radius 2 is 1.19 bits per heavy atom. The van der Waals surface area contributed by atoms with Gasteiger partial charge in [0.2, 0.25) is 0 Å². The molecule has 4 N–H and O–H groups in total. The topological polar surface area (TPSA) is 186 Å². The highest BCUT2D eigenvalue weighted by Crippen LogP contribution is 2.24. The van der Waals surface area contributed by atoms with Crippen molar-refractivity contribution in [2.24, 2.45) is 0 Å². The van der Waals surface area contributed by atoms with Gasteiger partial charge >= 0.3 is 11.9 Å². The van der Waals surface area contributed by atoms with Crippen LogP contribution in [-0.4, -0.2) is 96.0 Å². The van der Waals surface area contributed by atoms with E-state index in [9.17, 15) is 37.9 Å². The van der Waals surface area contributed by atoms with Crippen molar-refractivity contribution in [3.8, 4) is 0 Å². The van der Waals surface area contributed by atoms with Gasteiger partial charge in [-0.2, -0.15) is 8.42 Å². The van der Waals surface area contributed by atoms with Gasteiger partial charge in [-0.15, -0.1) is 0 Å². The maximum atomic E-state index is 12.7. The van der Waals surface area contributed by atoms with Gasteiger partial charge < -0.3 is 34.3 Å². The number of carbonyl (C=O) groups excluding carboxylic acids is 2. The molecular weight excluding hydrogens is 692 g/mol. The zero-order chi connectivity index (χ0) is 38.5. The van der Waals surface area contributed by atoms with Crippen molar-refractivity contribution in [2.45, 2.75) is 179 Å². The van der Waals surface area contributed by atoms with E-state index in [-0.39, 0.29) is 19.4 Å². The molecule has 0 aromatic heterocycles. The van der Waals surface area contributed by atoms with Crippen LogP contribution in [0.2, 0.25) is 0 Å². The van der Waals surface area contributed by atoms with E-state index < -0.39 is 71.2 Å². The summed E-state index contributed by atoms with van der Waals surface area (Å²) in [6, 6.07) is 0. The number of hydrogen-bond donors (Lipinski definition) is 4. The number of esters is 2. The number of carbonyl (C=O) groups is 2. The number of rotatable bonds is 31. The molecule has 12 nitrogen and oxygen atoms in total. The predicted molar refractivity (Wildman–Crippen MR) is 201 cm³/mol. The van der Waals surface area contributed by atoms with Gasteiger partial charge in [-0.3, -0.25) is 14.1 Å². The van der Waals surface area contributed by atoms with Crippen LogP contribution in [0.5, 0.6) is 0 Å². The monoisotopic (exact) mass is 760 g/mol. The summed E-state index contributed by atoms with van der Waals surface area (Å²) >= 11 is 0. The minimum absolute atomic E-state index is 0.146. The number of aliphatic hydroxyl groups is 3. The lowest BCUT2D eigenvalue weighted by Gasteiger charge is -2.40. The molecule has 0 aliphatic carbocycles. The number of hydrogen-bond acceptors (Lipinski definition) is 11. The zero-order valence-electron chi connectivity index (χ0n) is 31.7. The molecule has 1 saturated heterocycles. The molecule has 1 aliphatic heterocycles. The SMILES string of the molecule is CCC/C=C\CCCCCCCC(=O)OCC(COC1OC(CS(=O)(=O)O)C(O)C(O)C1O)OC(=O)CCCCCCC/C=C\C/C=C\CCCC. The van der Waals surface area contributed by atoms with Crippen LogP contribution in [-0.2, 0) is 38.7 Å². The predicted octanol–water partition coefficient (Wildman–Crippen LogP) is 6.66. The van der Waals surface area contributed by atoms with Crippen LogP contribution < -0.4 is 0 Å². The molecule has 0 amide bonds. The van der Waals surface area contributed by atoms with Crippen LogP contribution >= 0.6 is 0 Å². The standard InChI is InChI=1S/C39H68O12S/c1-3-5-7-9-11-13-15-16-17-18-20-22-24-26-28-35(41)50-32(29-48-34(40)27-25-23-21-19-14-12-10-8-6-4-2)30-49-39-38(44)37(43)36(42)33(51-39)31-52(45,46)47/h8-11,15-16,32-33,36-39,42-44H,3-7,12-14,17-31H2,1-2H3,(H,45,46,47)/b10-8-,11-9-,16-15-. The second kappa shape index (κ2) is 30.2. The first-order valence-electron chi connectivity index (χ1n) is 19.5. The fourth-order valence-electron chi connectivity index (χ4n) is 5.58. The van der Waals surface area contributed by atoms with Crippen LogP contribution in [0.4, 0.5) is 0 Å². The van der Waals surface area contributed by atoms with E-state index in [2.05, 4.69) is 50.3 Å². The molecule has 52 heavy (non-hydrogen) atoms. The molecule has 1 fully saturated rings. The van der Waals surface area contributed by atoms with Crippen molar-refractivity contribution >= 4 is 22.1 Å². The van der Waals surface area contributed by atoms with Gasteiger partial charge in [-0.25, -0.2) is 0 Å². The van der Waals surface area contributed by atoms with Crippen LogP contribution in [0.25, 0.3) is 0 Å². The fourth-order valence-corrected chi connectivity index (χ4v) is 6.27. The van der Waals surface area contributed by atoms with Crippen LogP contribution in [0, 0.1) is 0 Å². The Morgan fingerprint density at radius 1 is 0.654 bits per heavy atom. The van der Waals surface area contributed by atoms with Gasteiger partial charge in [0.05, 0.1) is 6.61 Å².